The molecule has 0 aliphatic rings. The summed E-state index contributed by atoms with van der Waals surface area (Å²) in [6.45, 7) is 7.77. The zero-order valence-electron chi connectivity index (χ0n) is 14.4. The molecule has 0 spiro atoms. The summed E-state index contributed by atoms with van der Waals surface area (Å²) in [7, 11) is 0. The Bertz CT molecular complexity index is 758. The van der Waals surface area contributed by atoms with Crippen molar-refractivity contribution < 1.29 is 19.1 Å². The molecule has 1 aromatic heterocycles. The lowest BCUT2D eigenvalue weighted by Crippen LogP contribution is -2.27. The molecule has 2 aromatic rings. The maximum Gasteiger partial charge on any atom is 0.419 e. The monoisotopic (exact) mass is 395 g/mol. The first kappa shape index (κ1) is 18.5. The topological polar surface area (TPSA) is 57.5 Å². The second kappa shape index (κ2) is 7.38. The first-order chi connectivity index (χ1) is 11.2. The number of ether oxygens (including phenoxy) is 2. The van der Waals surface area contributed by atoms with Crippen LogP contribution in [0.3, 0.4) is 0 Å². The lowest BCUT2D eigenvalue weighted by atomic mass is 10.1. The molecule has 0 bridgehead atoms. The molecule has 0 unspecified atom stereocenters. The average molecular weight is 396 g/mol. The maximum absolute atomic E-state index is 12.6. The van der Waals surface area contributed by atoms with Crippen molar-refractivity contribution in [2.75, 3.05) is 6.61 Å². The number of carbonyl (C=O) groups is 2. The van der Waals surface area contributed by atoms with Crippen LogP contribution in [-0.2, 0) is 20.7 Å². The second-order valence-corrected chi connectivity index (χ2v) is 7.25. The maximum atomic E-state index is 12.6. The van der Waals surface area contributed by atoms with Crippen LogP contribution in [0.15, 0.2) is 28.9 Å². The van der Waals surface area contributed by atoms with Crippen molar-refractivity contribution in [3.8, 4) is 0 Å². The van der Waals surface area contributed by atoms with Gasteiger partial charge in [-0.25, -0.2) is 9.36 Å². The van der Waals surface area contributed by atoms with Crippen LogP contribution in [0.25, 0.3) is 10.9 Å². The van der Waals surface area contributed by atoms with Crippen molar-refractivity contribution in [1.29, 1.82) is 0 Å². The third kappa shape index (κ3) is 4.17. The third-order valence-electron chi connectivity index (χ3n) is 3.28. The van der Waals surface area contributed by atoms with Gasteiger partial charge in [0.05, 0.1) is 23.1 Å². The van der Waals surface area contributed by atoms with E-state index in [1.165, 1.54) is 4.57 Å². The Labute approximate surface area is 150 Å². The van der Waals surface area contributed by atoms with Gasteiger partial charge in [0.1, 0.15) is 5.60 Å². The fourth-order valence-electron chi connectivity index (χ4n) is 2.34. The van der Waals surface area contributed by atoms with Gasteiger partial charge >= 0.3 is 12.1 Å². The molecule has 0 atom stereocenters. The summed E-state index contributed by atoms with van der Waals surface area (Å²) in [5.74, 6) is -0.315. The zero-order valence-corrected chi connectivity index (χ0v) is 16.0. The van der Waals surface area contributed by atoms with Crippen molar-refractivity contribution in [2.24, 2.45) is 0 Å². The Kier molecular flexibility index (Phi) is 5.70. The van der Waals surface area contributed by atoms with Crippen LogP contribution in [0.1, 0.15) is 39.7 Å². The van der Waals surface area contributed by atoms with Gasteiger partial charge in [-0.15, -0.1) is 0 Å². The van der Waals surface area contributed by atoms with E-state index >= 15 is 0 Å². The molecule has 0 saturated heterocycles. The highest BCUT2D eigenvalue weighted by Gasteiger charge is 2.25. The predicted molar refractivity (Wildman–Crippen MR) is 96.2 cm³/mol. The molecule has 130 valence electrons. The number of fused-ring (bicyclic) bond motifs is 1. The average Bonchev–Trinajstić information content (AvgIpc) is 2.76. The highest BCUT2D eigenvalue weighted by atomic mass is 79.9. The number of halogens is 1. The number of aromatic nitrogens is 1. The quantitative estimate of drug-likeness (QED) is 0.704. The van der Waals surface area contributed by atoms with Crippen molar-refractivity contribution >= 4 is 38.9 Å². The third-order valence-corrected chi connectivity index (χ3v) is 4.11. The van der Waals surface area contributed by atoms with E-state index in [1.54, 1.807) is 0 Å². The molecule has 5 nitrogen and oxygen atoms in total. The van der Waals surface area contributed by atoms with E-state index < -0.39 is 11.7 Å². The predicted octanol–water partition coefficient (Wildman–Crippen LogP) is 4.68. The van der Waals surface area contributed by atoms with Gasteiger partial charge < -0.3 is 9.47 Å². The van der Waals surface area contributed by atoms with E-state index in [2.05, 4.69) is 15.9 Å². The van der Waals surface area contributed by atoms with E-state index in [4.69, 9.17) is 9.47 Å². The summed E-state index contributed by atoms with van der Waals surface area (Å²) < 4.78 is 12.6. The first-order valence-corrected chi connectivity index (χ1v) is 8.70. The summed E-state index contributed by atoms with van der Waals surface area (Å²) in [4.78, 5) is 24.6. The molecular weight excluding hydrogens is 374 g/mol. The molecule has 0 fully saturated rings. The molecule has 0 saturated carbocycles. The van der Waals surface area contributed by atoms with Gasteiger partial charge in [-0.2, -0.15) is 0 Å². The number of benzene rings is 1. The van der Waals surface area contributed by atoms with E-state index in [1.807, 2.05) is 52.0 Å². The molecule has 2 rings (SSSR count). The van der Waals surface area contributed by atoms with E-state index in [-0.39, 0.29) is 12.4 Å². The number of hydrogen-bond donors (Lipinski definition) is 0. The number of rotatable bonds is 4. The summed E-state index contributed by atoms with van der Waals surface area (Å²) in [5, 5.41) is 0.823. The lowest BCUT2D eigenvalue weighted by Gasteiger charge is -2.20. The Hall–Kier alpha value is -1.82. The minimum atomic E-state index is -0.609. The van der Waals surface area contributed by atoms with Crippen molar-refractivity contribution in [1.82, 2.24) is 4.57 Å². The first-order valence-electron chi connectivity index (χ1n) is 7.91. The number of esters is 1. The summed E-state index contributed by atoms with van der Waals surface area (Å²) in [6.07, 6.45) is 0.377. The van der Waals surface area contributed by atoms with Crippen molar-refractivity contribution in [3.05, 3.63) is 34.4 Å². The fraction of sp³-hybridized carbons (Fsp3) is 0.444. The molecule has 1 aromatic carbocycles. The Morgan fingerprint density at radius 1 is 1.21 bits per heavy atom. The lowest BCUT2D eigenvalue weighted by molar-refractivity contribution is -0.142. The minimum Gasteiger partial charge on any atom is -0.465 e. The van der Waals surface area contributed by atoms with Crippen LogP contribution >= 0.6 is 15.9 Å². The van der Waals surface area contributed by atoms with Gasteiger partial charge in [0.2, 0.25) is 0 Å². The van der Waals surface area contributed by atoms with E-state index in [0.29, 0.717) is 16.7 Å². The SMILES string of the molecule is CCCOC(=O)Cc1c(Br)n(C(=O)OC(C)(C)C)c2ccccc12. The molecule has 0 radical (unpaired) electrons. The molecule has 0 N–H and O–H groups in total. The molecule has 24 heavy (non-hydrogen) atoms. The van der Waals surface area contributed by atoms with Crippen LogP contribution in [0.5, 0.6) is 0 Å². The minimum absolute atomic E-state index is 0.0941. The van der Waals surface area contributed by atoms with Crippen LogP contribution in [0.4, 0.5) is 4.79 Å². The number of hydrogen-bond acceptors (Lipinski definition) is 4. The summed E-state index contributed by atoms with van der Waals surface area (Å²) in [5.41, 5.74) is 0.803. The molecule has 0 aliphatic heterocycles. The van der Waals surface area contributed by atoms with Gasteiger partial charge in [0, 0.05) is 10.9 Å². The van der Waals surface area contributed by atoms with Gasteiger partial charge in [-0.3, -0.25) is 4.79 Å². The standard InChI is InChI=1S/C18H22BrNO4/c1-5-10-23-15(21)11-13-12-8-6-7-9-14(12)20(16(13)19)17(22)24-18(2,3)4/h6-9H,5,10-11H2,1-4H3. The van der Waals surface area contributed by atoms with Crippen LogP contribution in [0.2, 0.25) is 0 Å². The van der Waals surface area contributed by atoms with Crippen molar-refractivity contribution in [2.45, 2.75) is 46.1 Å². The summed E-state index contributed by atoms with van der Waals surface area (Å²) >= 11 is 3.45. The normalized spacial score (nSPS) is 11.5. The molecular formula is C18H22BrNO4. The number of carbonyl (C=O) groups excluding carboxylic acids is 2. The van der Waals surface area contributed by atoms with E-state index in [0.717, 1.165) is 17.4 Å². The van der Waals surface area contributed by atoms with Gasteiger partial charge in [-0.1, -0.05) is 25.1 Å². The van der Waals surface area contributed by atoms with Gasteiger partial charge in [0.15, 0.2) is 0 Å². The Balaban J connectivity index is 2.44. The molecule has 0 aliphatic carbocycles. The fourth-order valence-corrected chi connectivity index (χ4v) is 3.03. The summed E-state index contributed by atoms with van der Waals surface area (Å²) in [6, 6.07) is 7.41. The smallest absolute Gasteiger partial charge is 0.419 e. The van der Waals surface area contributed by atoms with Crippen LogP contribution in [-0.4, -0.2) is 28.8 Å². The number of nitrogens with zero attached hydrogens (tertiary/aromatic N) is 1. The van der Waals surface area contributed by atoms with Crippen LogP contribution in [0, 0.1) is 0 Å². The van der Waals surface area contributed by atoms with Crippen molar-refractivity contribution in [3.63, 3.8) is 0 Å². The second-order valence-electron chi connectivity index (χ2n) is 6.50. The van der Waals surface area contributed by atoms with Crippen LogP contribution < -0.4 is 0 Å². The highest BCUT2D eigenvalue weighted by Crippen LogP contribution is 2.31. The Morgan fingerprint density at radius 3 is 2.50 bits per heavy atom. The highest BCUT2D eigenvalue weighted by molar-refractivity contribution is 9.10. The molecule has 6 heteroatoms. The molecule has 1 heterocycles. The van der Waals surface area contributed by atoms with E-state index in [9.17, 15) is 9.59 Å². The molecule has 0 amide bonds. The van der Waals surface area contributed by atoms with Gasteiger partial charge in [0.25, 0.3) is 0 Å². The zero-order chi connectivity index (χ0) is 17.9. The van der Waals surface area contributed by atoms with Gasteiger partial charge in [-0.05, 0) is 49.2 Å². The Morgan fingerprint density at radius 2 is 1.88 bits per heavy atom. The largest absolute Gasteiger partial charge is 0.465 e. The number of para-hydroxylation sites is 1.